The van der Waals surface area contributed by atoms with Crippen LogP contribution in [0.15, 0.2) is 18.3 Å². The lowest BCUT2D eigenvalue weighted by atomic mass is 9.75. The first-order chi connectivity index (χ1) is 8.89. The van der Waals surface area contributed by atoms with Crippen molar-refractivity contribution in [2.24, 2.45) is 5.41 Å². The van der Waals surface area contributed by atoms with Crippen molar-refractivity contribution in [1.82, 2.24) is 4.98 Å². The summed E-state index contributed by atoms with van der Waals surface area (Å²) >= 11 is 0. The molecule has 1 N–H and O–H groups in total. The fourth-order valence-corrected chi connectivity index (χ4v) is 2.85. The number of nitrogens with zero attached hydrogens (tertiary/aromatic N) is 2. The predicted octanol–water partition coefficient (Wildman–Crippen LogP) is 3.54. The standard InChI is InChI=1S/C16H26N2O/c1-12(19)13-7-10-17-15(11-13)18(4)14-5-8-16(2,3)9-6-14/h7,10-12,14,19H,5-6,8-9H2,1-4H3. The van der Waals surface area contributed by atoms with Gasteiger partial charge in [-0.15, -0.1) is 0 Å². The van der Waals surface area contributed by atoms with Gasteiger partial charge in [-0.05, 0) is 55.7 Å². The molecule has 0 radical (unpaired) electrons. The van der Waals surface area contributed by atoms with Crippen LogP contribution in [0.1, 0.15) is 58.1 Å². The molecule has 19 heavy (non-hydrogen) atoms. The summed E-state index contributed by atoms with van der Waals surface area (Å²) < 4.78 is 0. The molecule has 3 nitrogen and oxygen atoms in total. The third-order valence-electron chi connectivity index (χ3n) is 4.47. The highest BCUT2D eigenvalue weighted by molar-refractivity contribution is 5.41. The Morgan fingerprint density at radius 2 is 2.00 bits per heavy atom. The van der Waals surface area contributed by atoms with Gasteiger partial charge in [0.1, 0.15) is 5.82 Å². The molecule has 1 heterocycles. The lowest BCUT2D eigenvalue weighted by Gasteiger charge is -2.39. The van der Waals surface area contributed by atoms with Crippen molar-refractivity contribution in [1.29, 1.82) is 0 Å². The van der Waals surface area contributed by atoms with Crippen LogP contribution in [0.2, 0.25) is 0 Å². The molecular weight excluding hydrogens is 236 g/mol. The third-order valence-corrected chi connectivity index (χ3v) is 4.47. The van der Waals surface area contributed by atoms with E-state index in [9.17, 15) is 5.11 Å². The number of hydrogen-bond donors (Lipinski definition) is 1. The molecule has 1 aliphatic rings. The number of pyridine rings is 1. The van der Waals surface area contributed by atoms with E-state index in [0.29, 0.717) is 11.5 Å². The molecule has 1 aromatic heterocycles. The average molecular weight is 262 g/mol. The minimum absolute atomic E-state index is 0.430. The van der Waals surface area contributed by atoms with E-state index < -0.39 is 6.10 Å². The van der Waals surface area contributed by atoms with Gasteiger partial charge in [0.2, 0.25) is 0 Å². The van der Waals surface area contributed by atoms with Crippen molar-refractivity contribution >= 4 is 5.82 Å². The monoisotopic (exact) mass is 262 g/mol. The van der Waals surface area contributed by atoms with Crippen LogP contribution in [0, 0.1) is 5.41 Å². The van der Waals surface area contributed by atoms with Crippen LogP contribution in [0.25, 0.3) is 0 Å². The van der Waals surface area contributed by atoms with Gasteiger partial charge < -0.3 is 10.0 Å². The van der Waals surface area contributed by atoms with Crippen molar-refractivity contribution in [2.75, 3.05) is 11.9 Å². The molecule has 0 saturated heterocycles. The zero-order valence-corrected chi connectivity index (χ0v) is 12.6. The zero-order chi connectivity index (χ0) is 14.0. The maximum atomic E-state index is 9.66. The minimum atomic E-state index is -0.430. The summed E-state index contributed by atoms with van der Waals surface area (Å²) in [6, 6.07) is 4.46. The van der Waals surface area contributed by atoms with Crippen molar-refractivity contribution in [3.63, 3.8) is 0 Å². The van der Waals surface area contributed by atoms with Crippen molar-refractivity contribution in [3.8, 4) is 0 Å². The number of anilines is 1. The van der Waals surface area contributed by atoms with Gasteiger partial charge in [-0.2, -0.15) is 0 Å². The maximum absolute atomic E-state index is 9.66. The summed E-state index contributed by atoms with van der Waals surface area (Å²) in [6.45, 7) is 6.51. The molecule has 1 aliphatic carbocycles. The van der Waals surface area contributed by atoms with Gasteiger partial charge in [0.15, 0.2) is 0 Å². The fourth-order valence-electron chi connectivity index (χ4n) is 2.85. The Hall–Kier alpha value is -1.09. The highest BCUT2D eigenvalue weighted by atomic mass is 16.3. The number of rotatable bonds is 3. The van der Waals surface area contributed by atoms with E-state index in [2.05, 4.69) is 30.8 Å². The Kier molecular flexibility index (Phi) is 4.14. The molecule has 0 aliphatic heterocycles. The Balaban J connectivity index is 2.07. The number of aromatic nitrogens is 1. The smallest absolute Gasteiger partial charge is 0.128 e. The average Bonchev–Trinajstić information content (AvgIpc) is 2.38. The van der Waals surface area contributed by atoms with Crippen LogP contribution >= 0.6 is 0 Å². The van der Waals surface area contributed by atoms with Gasteiger partial charge in [-0.3, -0.25) is 0 Å². The van der Waals surface area contributed by atoms with Crippen LogP contribution in [0.3, 0.4) is 0 Å². The molecule has 0 aromatic carbocycles. The van der Waals surface area contributed by atoms with Gasteiger partial charge in [-0.1, -0.05) is 13.8 Å². The predicted molar refractivity (Wildman–Crippen MR) is 79.3 cm³/mol. The number of hydrogen-bond acceptors (Lipinski definition) is 3. The second-order valence-electron chi connectivity index (χ2n) is 6.63. The van der Waals surface area contributed by atoms with Gasteiger partial charge in [0.05, 0.1) is 6.10 Å². The van der Waals surface area contributed by atoms with E-state index in [4.69, 9.17) is 0 Å². The second-order valence-corrected chi connectivity index (χ2v) is 6.63. The summed E-state index contributed by atoms with van der Waals surface area (Å²) in [5.41, 5.74) is 1.43. The van der Waals surface area contributed by atoms with Gasteiger partial charge in [0, 0.05) is 19.3 Å². The van der Waals surface area contributed by atoms with E-state index >= 15 is 0 Å². The van der Waals surface area contributed by atoms with Crippen molar-refractivity contribution in [2.45, 2.75) is 58.6 Å². The quantitative estimate of drug-likeness (QED) is 0.905. The van der Waals surface area contributed by atoms with E-state index in [-0.39, 0.29) is 0 Å². The Morgan fingerprint density at radius 3 is 2.58 bits per heavy atom. The van der Waals surface area contributed by atoms with Crippen LogP contribution < -0.4 is 4.90 Å². The van der Waals surface area contributed by atoms with E-state index in [1.54, 1.807) is 13.1 Å². The normalized spacial score (nSPS) is 21.1. The summed E-state index contributed by atoms with van der Waals surface area (Å²) in [6.07, 6.45) is 6.37. The largest absolute Gasteiger partial charge is 0.389 e. The van der Waals surface area contributed by atoms with E-state index in [1.807, 2.05) is 12.1 Å². The molecule has 1 fully saturated rings. The van der Waals surface area contributed by atoms with Crippen LogP contribution in [-0.2, 0) is 0 Å². The number of aliphatic hydroxyl groups is 1. The highest BCUT2D eigenvalue weighted by Gasteiger charge is 2.29. The van der Waals surface area contributed by atoms with E-state index in [0.717, 1.165) is 11.4 Å². The summed E-state index contributed by atoms with van der Waals surface area (Å²) in [5, 5.41) is 9.66. The Bertz CT molecular complexity index is 419. The Morgan fingerprint density at radius 1 is 1.37 bits per heavy atom. The summed E-state index contributed by atoms with van der Waals surface area (Å²) in [5.74, 6) is 0.975. The van der Waals surface area contributed by atoms with Gasteiger partial charge in [0.25, 0.3) is 0 Å². The van der Waals surface area contributed by atoms with Crippen molar-refractivity contribution < 1.29 is 5.11 Å². The minimum Gasteiger partial charge on any atom is -0.389 e. The molecule has 0 spiro atoms. The molecule has 1 aromatic rings. The second kappa shape index (κ2) is 5.49. The maximum Gasteiger partial charge on any atom is 0.128 e. The molecule has 1 atom stereocenters. The van der Waals surface area contributed by atoms with Gasteiger partial charge >= 0.3 is 0 Å². The molecule has 1 saturated carbocycles. The fraction of sp³-hybridized carbons (Fsp3) is 0.688. The SMILES string of the molecule is CC(O)c1ccnc(N(C)C2CCC(C)(C)CC2)c1. The topological polar surface area (TPSA) is 36.4 Å². The first-order valence-electron chi connectivity index (χ1n) is 7.26. The van der Waals surface area contributed by atoms with Crippen LogP contribution in [-0.4, -0.2) is 23.2 Å². The molecule has 2 rings (SSSR count). The molecule has 0 bridgehead atoms. The number of aliphatic hydroxyl groups excluding tert-OH is 1. The lowest BCUT2D eigenvalue weighted by Crippen LogP contribution is -2.37. The summed E-state index contributed by atoms with van der Waals surface area (Å²) in [7, 11) is 2.12. The van der Waals surface area contributed by atoms with Crippen LogP contribution in [0.5, 0.6) is 0 Å². The van der Waals surface area contributed by atoms with Gasteiger partial charge in [-0.25, -0.2) is 4.98 Å². The molecular formula is C16H26N2O. The molecule has 1 unspecified atom stereocenters. The van der Waals surface area contributed by atoms with Crippen LogP contribution in [0.4, 0.5) is 5.82 Å². The Labute approximate surface area is 116 Å². The lowest BCUT2D eigenvalue weighted by molar-refractivity contribution is 0.199. The molecule has 106 valence electrons. The molecule has 0 amide bonds. The first-order valence-corrected chi connectivity index (χ1v) is 7.26. The highest BCUT2D eigenvalue weighted by Crippen LogP contribution is 2.37. The molecule has 3 heteroatoms. The van der Waals surface area contributed by atoms with E-state index in [1.165, 1.54) is 25.7 Å². The zero-order valence-electron chi connectivity index (χ0n) is 12.6. The first kappa shape index (κ1) is 14.3. The third kappa shape index (κ3) is 3.47. The summed E-state index contributed by atoms with van der Waals surface area (Å²) in [4.78, 5) is 6.73. The van der Waals surface area contributed by atoms with Crippen molar-refractivity contribution in [3.05, 3.63) is 23.9 Å².